The summed E-state index contributed by atoms with van der Waals surface area (Å²) in [5, 5.41) is 3.88. The molecule has 0 aromatic heterocycles. The molecule has 1 aliphatic heterocycles. The predicted octanol–water partition coefficient (Wildman–Crippen LogP) is -0.217. The van der Waals surface area contributed by atoms with Crippen molar-refractivity contribution in [1.29, 1.82) is 0 Å². The van der Waals surface area contributed by atoms with Gasteiger partial charge < -0.3 is 8.92 Å². The molecule has 1 saturated heterocycles. The van der Waals surface area contributed by atoms with E-state index in [0.717, 1.165) is 6.26 Å². The predicted molar refractivity (Wildman–Crippen MR) is 78.1 cm³/mol. The molecule has 1 aliphatic rings. The molecule has 23 heavy (non-hydrogen) atoms. The van der Waals surface area contributed by atoms with E-state index >= 15 is 0 Å². The summed E-state index contributed by atoms with van der Waals surface area (Å²) >= 11 is 0. The number of nitrogens with one attached hydrogen (secondary N) is 2. The smallest absolute Gasteiger partial charge is 0.328 e. The summed E-state index contributed by atoms with van der Waals surface area (Å²) in [6.07, 6.45) is 2.11. The molecule has 2 N–H and O–H groups in total. The van der Waals surface area contributed by atoms with Crippen molar-refractivity contribution in [2.75, 3.05) is 13.4 Å². The summed E-state index contributed by atoms with van der Waals surface area (Å²) in [5.41, 5.74) is 0.0979. The molecule has 0 bridgehead atoms. The van der Waals surface area contributed by atoms with Crippen LogP contribution < -0.4 is 19.6 Å². The van der Waals surface area contributed by atoms with Gasteiger partial charge in [-0.3, -0.25) is 20.2 Å². The maximum absolute atomic E-state index is 11.6. The third kappa shape index (κ3) is 4.07. The standard InChI is InChI=1S/C13H12N2O7S/c1-21-10-6-7(3-4-9(10)22-23(2,19)20)5-8-11(16)14-13(18)15-12(8)17/h3-6H,1-2H3,(H2,14,15,16,17,18). The highest BCUT2D eigenvalue weighted by Gasteiger charge is 2.27. The van der Waals surface area contributed by atoms with Gasteiger partial charge in [0.25, 0.3) is 11.8 Å². The number of hydrogen-bond donors (Lipinski definition) is 2. The molecule has 0 aliphatic carbocycles. The van der Waals surface area contributed by atoms with Gasteiger partial charge in [-0.25, -0.2) is 4.79 Å². The van der Waals surface area contributed by atoms with Crippen LogP contribution in [0.1, 0.15) is 5.56 Å². The Kier molecular flexibility index (Phi) is 4.36. The lowest BCUT2D eigenvalue weighted by atomic mass is 10.1. The molecule has 4 amide bonds. The maximum atomic E-state index is 11.6. The number of ether oxygens (including phenoxy) is 1. The van der Waals surface area contributed by atoms with Gasteiger partial charge in [-0.2, -0.15) is 8.42 Å². The fraction of sp³-hybridized carbons (Fsp3) is 0.154. The van der Waals surface area contributed by atoms with Crippen LogP contribution in [0.15, 0.2) is 23.8 Å². The minimum Gasteiger partial charge on any atom is -0.493 e. The number of imide groups is 2. The van der Waals surface area contributed by atoms with E-state index in [9.17, 15) is 22.8 Å². The second-order valence-electron chi connectivity index (χ2n) is 4.49. The number of methoxy groups -OCH3 is 1. The van der Waals surface area contributed by atoms with Crippen LogP contribution in [0.2, 0.25) is 0 Å². The molecule has 0 radical (unpaired) electrons. The van der Waals surface area contributed by atoms with E-state index in [0.29, 0.717) is 5.56 Å². The van der Waals surface area contributed by atoms with Crippen LogP contribution >= 0.6 is 0 Å². The first-order valence-corrected chi connectivity index (χ1v) is 7.97. The summed E-state index contributed by atoms with van der Waals surface area (Å²) < 4.78 is 32.1. The minimum absolute atomic E-state index is 0.0372. The molecule has 0 unspecified atom stereocenters. The van der Waals surface area contributed by atoms with Gasteiger partial charge in [0.05, 0.1) is 13.4 Å². The van der Waals surface area contributed by atoms with Gasteiger partial charge in [0.2, 0.25) is 0 Å². The first-order valence-electron chi connectivity index (χ1n) is 6.15. The molecule has 0 saturated carbocycles. The van der Waals surface area contributed by atoms with Crippen LogP contribution in [0.25, 0.3) is 6.08 Å². The third-order valence-electron chi connectivity index (χ3n) is 2.68. The molecule has 9 nitrogen and oxygen atoms in total. The van der Waals surface area contributed by atoms with Gasteiger partial charge in [-0.1, -0.05) is 6.07 Å². The van der Waals surface area contributed by atoms with Crippen LogP contribution in [0.3, 0.4) is 0 Å². The lowest BCUT2D eigenvalue weighted by molar-refractivity contribution is -0.123. The molecule has 1 aromatic rings. The fourth-order valence-electron chi connectivity index (χ4n) is 1.78. The van der Waals surface area contributed by atoms with E-state index in [1.165, 1.54) is 31.4 Å². The number of hydrogen-bond acceptors (Lipinski definition) is 7. The first kappa shape index (κ1) is 16.5. The largest absolute Gasteiger partial charge is 0.493 e. The van der Waals surface area contributed by atoms with Gasteiger partial charge in [-0.05, 0) is 23.8 Å². The van der Waals surface area contributed by atoms with E-state index in [1.807, 2.05) is 10.6 Å². The van der Waals surface area contributed by atoms with E-state index in [4.69, 9.17) is 8.92 Å². The zero-order valence-corrected chi connectivity index (χ0v) is 12.9. The summed E-state index contributed by atoms with van der Waals surface area (Å²) in [4.78, 5) is 34.2. The number of carbonyl (C=O) groups is 3. The van der Waals surface area contributed by atoms with Gasteiger partial charge in [0.15, 0.2) is 11.5 Å². The Balaban J connectivity index is 2.38. The van der Waals surface area contributed by atoms with E-state index < -0.39 is 28.0 Å². The molecule has 1 aromatic carbocycles. The highest BCUT2D eigenvalue weighted by molar-refractivity contribution is 7.86. The molecule has 2 rings (SSSR count). The normalized spacial score (nSPS) is 14.9. The van der Waals surface area contributed by atoms with Gasteiger partial charge in [0.1, 0.15) is 5.57 Å². The monoisotopic (exact) mass is 340 g/mol. The van der Waals surface area contributed by atoms with Gasteiger partial charge >= 0.3 is 16.1 Å². The second kappa shape index (κ2) is 6.08. The van der Waals surface area contributed by atoms with Gasteiger partial charge in [-0.15, -0.1) is 0 Å². The lowest BCUT2D eigenvalue weighted by Gasteiger charge is -2.14. The summed E-state index contributed by atoms with van der Waals surface area (Å²) in [5.74, 6) is -1.62. The Morgan fingerprint density at radius 3 is 2.17 bits per heavy atom. The first-order chi connectivity index (χ1) is 10.7. The molecule has 0 atom stereocenters. The molecule has 122 valence electrons. The average Bonchev–Trinajstić information content (AvgIpc) is 2.42. The molecule has 1 heterocycles. The number of carbonyl (C=O) groups excluding carboxylic acids is 3. The number of rotatable bonds is 4. The zero-order valence-electron chi connectivity index (χ0n) is 12.1. The topological polar surface area (TPSA) is 128 Å². The number of urea groups is 1. The van der Waals surface area contributed by atoms with Crippen molar-refractivity contribution < 1.29 is 31.7 Å². The summed E-state index contributed by atoms with van der Waals surface area (Å²) in [7, 11) is -2.43. The minimum atomic E-state index is -3.73. The van der Waals surface area contributed by atoms with Crippen molar-refractivity contribution in [3.63, 3.8) is 0 Å². The molecular formula is C13H12N2O7S. The Bertz CT molecular complexity index is 805. The SMILES string of the molecule is COc1cc(C=C2C(=O)NC(=O)NC2=O)ccc1OS(C)(=O)=O. The van der Waals surface area contributed by atoms with E-state index in [2.05, 4.69) is 0 Å². The van der Waals surface area contributed by atoms with E-state index in [1.54, 1.807) is 0 Å². The van der Waals surface area contributed by atoms with Crippen molar-refractivity contribution in [3.8, 4) is 11.5 Å². The molecule has 1 fully saturated rings. The van der Waals surface area contributed by atoms with Gasteiger partial charge in [0, 0.05) is 0 Å². The maximum Gasteiger partial charge on any atom is 0.328 e. The van der Waals surface area contributed by atoms with Crippen molar-refractivity contribution in [2.45, 2.75) is 0 Å². The van der Waals surface area contributed by atoms with Crippen molar-refractivity contribution >= 4 is 34.0 Å². The number of barbiturate groups is 1. The Hall–Kier alpha value is -2.88. The zero-order chi connectivity index (χ0) is 17.2. The van der Waals surface area contributed by atoms with Crippen molar-refractivity contribution in [3.05, 3.63) is 29.3 Å². The lowest BCUT2D eigenvalue weighted by Crippen LogP contribution is -2.51. The molecular weight excluding hydrogens is 328 g/mol. The Morgan fingerprint density at radius 1 is 1.04 bits per heavy atom. The highest BCUT2D eigenvalue weighted by atomic mass is 32.2. The highest BCUT2D eigenvalue weighted by Crippen LogP contribution is 2.30. The quantitative estimate of drug-likeness (QED) is 0.441. The van der Waals surface area contributed by atoms with Crippen LogP contribution in [0.5, 0.6) is 11.5 Å². The van der Waals surface area contributed by atoms with Crippen molar-refractivity contribution in [2.24, 2.45) is 0 Å². The summed E-state index contributed by atoms with van der Waals surface area (Å²) in [6.45, 7) is 0. The third-order valence-corrected chi connectivity index (χ3v) is 3.17. The summed E-state index contributed by atoms with van der Waals surface area (Å²) in [6, 6.07) is 3.22. The van der Waals surface area contributed by atoms with Crippen LogP contribution in [0, 0.1) is 0 Å². The van der Waals surface area contributed by atoms with Crippen LogP contribution in [0.4, 0.5) is 4.79 Å². The average molecular weight is 340 g/mol. The van der Waals surface area contributed by atoms with Crippen LogP contribution in [-0.2, 0) is 19.7 Å². The van der Waals surface area contributed by atoms with E-state index in [-0.39, 0.29) is 17.1 Å². The molecule has 10 heteroatoms. The van der Waals surface area contributed by atoms with Crippen molar-refractivity contribution in [1.82, 2.24) is 10.6 Å². The molecule has 0 spiro atoms. The van der Waals surface area contributed by atoms with Crippen LogP contribution in [-0.4, -0.2) is 39.6 Å². The Labute approximate surface area is 131 Å². The number of benzene rings is 1. The Morgan fingerprint density at radius 2 is 1.65 bits per heavy atom. The second-order valence-corrected chi connectivity index (χ2v) is 6.07. The number of amides is 4. The fourth-order valence-corrected chi connectivity index (χ4v) is 2.24.